The highest BCUT2D eigenvalue weighted by Crippen LogP contribution is 2.32. The number of carbonyl (C=O) groups excluding carboxylic acids is 1. The quantitative estimate of drug-likeness (QED) is 0.770. The van der Waals surface area contributed by atoms with Crippen LogP contribution in [0.3, 0.4) is 0 Å². The zero-order valence-electron chi connectivity index (χ0n) is 12.1. The number of rotatable bonds is 4. The molecule has 0 fully saturated rings. The Morgan fingerprint density at radius 2 is 1.83 bits per heavy atom. The lowest BCUT2D eigenvalue weighted by Gasteiger charge is -2.23. The summed E-state index contributed by atoms with van der Waals surface area (Å²) in [4.78, 5) is 11.7. The van der Waals surface area contributed by atoms with E-state index in [0.29, 0.717) is 6.42 Å². The van der Waals surface area contributed by atoms with Gasteiger partial charge in [-0.2, -0.15) is 0 Å². The van der Waals surface area contributed by atoms with Gasteiger partial charge in [-0.05, 0) is 45.2 Å². The van der Waals surface area contributed by atoms with Crippen molar-refractivity contribution in [1.82, 2.24) is 0 Å². The maximum Gasteiger partial charge on any atom is 0.311 e. The normalized spacial score (nSPS) is 11.2. The van der Waals surface area contributed by atoms with Gasteiger partial charge in [-0.15, -0.1) is 0 Å². The third kappa shape index (κ3) is 3.03. The van der Waals surface area contributed by atoms with Crippen LogP contribution in [0.1, 0.15) is 30.5 Å². The molecule has 0 saturated heterocycles. The Balaban J connectivity index is 3.14. The number of carbonyl (C=O) groups is 1. The molecule has 0 saturated carbocycles. The minimum Gasteiger partial charge on any atom is -0.496 e. The van der Waals surface area contributed by atoms with Crippen molar-refractivity contribution in [2.24, 2.45) is 5.41 Å². The summed E-state index contributed by atoms with van der Waals surface area (Å²) in [6.07, 6.45) is 0.603. The molecule has 0 amide bonds. The molecule has 1 aromatic rings. The van der Waals surface area contributed by atoms with E-state index in [-0.39, 0.29) is 5.97 Å². The summed E-state index contributed by atoms with van der Waals surface area (Å²) in [5.41, 5.74) is 2.75. The molecule has 100 valence electrons. The second-order valence-corrected chi connectivity index (χ2v) is 5.33. The number of benzene rings is 1. The van der Waals surface area contributed by atoms with E-state index < -0.39 is 5.41 Å². The highest BCUT2D eigenvalue weighted by Gasteiger charge is 2.30. The first-order valence-electron chi connectivity index (χ1n) is 6.04. The van der Waals surface area contributed by atoms with E-state index in [9.17, 15) is 4.79 Å². The largest absolute Gasteiger partial charge is 0.496 e. The third-order valence-electron chi connectivity index (χ3n) is 3.07. The van der Waals surface area contributed by atoms with Crippen LogP contribution in [0, 0.1) is 19.3 Å². The molecule has 0 atom stereocenters. The topological polar surface area (TPSA) is 35.5 Å². The number of methoxy groups -OCH3 is 2. The summed E-state index contributed by atoms with van der Waals surface area (Å²) in [6.45, 7) is 7.83. The molecule has 0 aliphatic rings. The molecule has 0 radical (unpaired) electrons. The van der Waals surface area contributed by atoms with Crippen molar-refractivity contribution in [2.45, 2.75) is 34.1 Å². The van der Waals surface area contributed by atoms with Crippen LogP contribution in [0.15, 0.2) is 12.1 Å². The van der Waals surface area contributed by atoms with Crippen LogP contribution >= 0.6 is 0 Å². The van der Waals surface area contributed by atoms with Crippen LogP contribution in [0.2, 0.25) is 0 Å². The van der Waals surface area contributed by atoms with Crippen LogP contribution in [-0.4, -0.2) is 20.2 Å². The van der Waals surface area contributed by atoms with Crippen LogP contribution in [0.5, 0.6) is 5.75 Å². The van der Waals surface area contributed by atoms with Crippen molar-refractivity contribution in [1.29, 1.82) is 0 Å². The summed E-state index contributed by atoms with van der Waals surface area (Å²) in [7, 11) is 3.08. The van der Waals surface area contributed by atoms with Crippen LogP contribution in [0.4, 0.5) is 0 Å². The molecule has 1 aromatic carbocycles. The number of esters is 1. The van der Waals surface area contributed by atoms with Crippen molar-refractivity contribution in [3.8, 4) is 5.75 Å². The fourth-order valence-corrected chi connectivity index (χ4v) is 2.29. The Kier molecular flexibility index (Phi) is 4.38. The van der Waals surface area contributed by atoms with Crippen molar-refractivity contribution in [3.63, 3.8) is 0 Å². The van der Waals surface area contributed by atoms with E-state index in [1.165, 1.54) is 12.7 Å². The van der Waals surface area contributed by atoms with Gasteiger partial charge < -0.3 is 9.47 Å². The van der Waals surface area contributed by atoms with Gasteiger partial charge in [0.05, 0.1) is 19.6 Å². The molecular weight excluding hydrogens is 228 g/mol. The van der Waals surface area contributed by atoms with Crippen molar-refractivity contribution >= 4 is 5.97 Å². The molecule has 3 heteroatoms. The highest BCUT2D eigenvalue weighted by atomic mass is 16.5. The van der Waals surface area contributed by atoms with E-state index in [0.717, 1.165) is 16.9 Å². The van der Waals surface area contributed by atoms with Gasteiger partial charge in [0.1, 0.15) is 5.75 Å². The summed E-state index contributed by atoms with van der Waals surface area (Å²) in [6, 6.07) is 4.14. The zero-order valence-corrected chi connectivity index (χ0v) is 12.1. The fraction of sp³-hybridized carbons (Fsp3) is 0.533. The average molecular weight is 250 g/mol. The summed E-state index contributed by atoms with van der Waals surface area (Å²) in [5, 5.41) is 0. The Hall–Kier alpha value is -1.51. The first kappa shape index (κ1) is 14.6. The molecule has 0 N–H and O–H groups in total. The maximum absolute atomic E-state index is 11.7. The number of aryl methyl sites for hydroxylation is 2. The molecule has 3 nitrogen and oxygen atoms in total. The van der Waals surface area contributed by atoms with Crippen LogP contribution < -0.4 is 4.74 Å². The van der Waals surface area contributed by atoms with E-state index >= 15 is 0 Å². The zero-order chi connectivity index (χ0) is 13.9. The molecule has 18 heavy (non-hydrogen) atoms. The monoisotopic (exact) mass is 250 g/mol. The predicted octanol–water partition coefficient (Wildman–Crippen LogP) is 3.05. The predicted molar refractivity (Wildman–Crippen MR) is 72.0 cm³/mol. The molecule has 0 aliphatic heterocycles. The maximum atomic E-state index is 11.7. The molecule has 0 spiro atoms. The fourth-order valence-electron chi connectivity index (χ4n) is 2.29. The van der Waals surface area contributed by atoms with E-state index in [4.69, 9.17) is 9.47 Å². The van der Waals surface area contributed by atoms with Gasteiger partial charge in [-0.25, -0.2) is 0 Å². The SMILES string of the molecule is COC(=O)C(C)(C)Cc1cc(C)cc(C)c1OC. The Morgan fingerprint density at radius 1 is 1.22 bits per heavy atom. The Morgan fingerprint density at radius 3 is 2.33 bits per heavy atom. The Labute approximate surface area is 109 Å². The minimum absolute atomic E-state index is 0.205. The third-order valence-corrected chi connectivity index (χ3v) is 3.07. The summed E-state index contributed by atoms with van der Waals surface area (Å²) in [5.74, 6) is 0.654. The molecular formula is C15H22O3. The lowest BCUT2D eigenvalue weighted by Crippen LogP contribution is -2.28. The number of hydrogen-bond acceptors (Lipinski definition) is 3. The van der Waals surface area contributed by atoms with E-state index in [1.54, 1.807) is 7.11 Å². The second-order valence-electron chi connectivity index (χ2n) is 5.33. The first-order chi connectivity index (χ1) is 8.31. The van der Waals surface area contributed by atoms with Gasteiger partial charge in [0.2, 0.25) is 0 Å². The smallest absolute Gasteiger partial charge is 0.311 e. The molecule has 0 aliphatic carbocycles. The standard InChI is InChI=1S/C15H22O3/c1-10-7-11(2)13(17-5)12(8-10)9-15(3,4)14(16)18-6/h7-8H,9H2,1-6H3. The van der Waals surface area contributed by atoms with Crippen LogP contribution in [-0.2, 0) is 16.0 Å². The highest BCUT2D eigenvalue weighted by molar-refractivity contribution is 5.76. The van der Waals surface area contributed by atoms with Crippen molar-refractivity contribution in [2.75, 3.05) is 14.2 Å². The van der Waals surface area contributed by atoms with Crippen molar-refractivity contribution < 1.29 is 14.3 Å². The van der Waals surface area contributed by atoms with Gasteiger partial charge in [-0.1, -0.05) is 17.7 Å². The first-order valence-corrected chi connectivity index (χ1v) is 6.04. The molecule has 0 heterocycles. The van der Waals surface area contributed by atoms with Gasteiger partial charge in [0.15, 0.2) is 0 Å². The number of hydrogen-bond donors (Lipinski definition) is 0. The van der Waals surface area contributed by atoms with Gasteiger partial charge in [0.25, 0.3) is 0 Å². The van der Waals surface area contributed by atoms with Gasteiger partial charge in [-0.3, -0.25) is 4.79 Å². The lowest BCUT2D eigenvalue weighted by atomic mass is 9.84. The molecule has 0 aromatic heterocycles. The van der Waals surface area contributed by atoms with E-state index in [1.807, 2.05) is 27.7 Å². The summed E-state index contributed by atoms with van der Waals surface area (Å²) < 4.78 is 10.3. The Bertz CT molecular complexity index is 447. The molecule has 1 rings (SSSR count). The van der Waals surface area contributed by atoms with Gasteiger partial charge in [0, 0.05) is 0 Å². The molecule has 0 bridgehead atoms. The van der Waals surface area contributed by atoms with Crippen molar-refractivity contribution in [3.05, 3.63) is 28.8 Å². The van der Waals surface area contributed by atoms with E-state index in [2.05, 4.69) is 12.1 Å². The lowest BCUT2D eigenvalue weighted by molar-refractivity contribution is -0.150. The molecule has 0 unspecified atom stereocenters. The van der Waals surface area contributed by atoms with Crippen LogP contribution in [0.25, 0.3) is 0 Å². The second kappa shape index (κ2) is 5.42. The van der Waals surface area contributed by atoms with Gasteiger partial charge >= 0.3 is 5.97 Å². The summed E-state index contributed by atoms with van der Waals surface area (Å²) >= 11 is 0. The number of ether oxygens (including phenoxy) is 2. The average Bonchev–Trinajstić information content (AvgIpc) is 2.26. The minimum atomic E-state index is -0.553.